The minimum absolute atomic E-state index is 0.0590. The minimum Gasteiger partial charge on any atom is -0.508 e. The number of hydrogen-bond acceptors (Lipinski definition) is 5. The van der Waals surface area contributed by atoms with Gasteiger partial charge in [-0.3, -0.25) is 9.59 Å². The number of esters is 1. The van der Waals surface area contributed by atoms with Crippen molar-refractivity contribution in [1.82, 2.24) is 0 Å². The summed E-state index contributed by atoms with van der Waals surface area (Å²) in [7, 11) is 0. The molecule has 0 amide bonds. The Kier molecular flexibility index (Phi) is 6.96. The number of phenolic OH excluding ortho intramolecular Hbond substituents is 1. The summed E-state index contributed by atoms with van der Waals surface area (Å²) in [5.41, 5.74) is 3.03. The fourth-order valence-corrected chi connectivity index (χ4v) is 4.40. The zero-order valence-corrected chi connectivity index (χ0v) is 18.4. The molecule has 1 aliphatic carbocycles. The first-order valence-corrected chi connectivity index (χ1v) is 10.5. The minimum atomic E-state index is -0.771. The van der Waals surface area contributed by atoms with E-state index in [1.807, 2.05) is 43.3 Å². The van der Waals surface area contributed by atoms with Gasteiger partial charge in [0.15, 0.2) is 0 Å². The molecule has 0 bridgehead atoms. The zero-order chi connectivity index (χ0) is 22.6. The molecule has 0 aromatic heterocycles. The molecule has 3 atom stereocenters. The average Bonchev–Trinajstić information content (AvgIpc) is 3.13. The molecule has 0 aliphatic heterocycles. The number of benzene rings is 2. The number of aromatic hydroxyl groups is 1. The highest BCUT2D eigenvalue weighted by Gasteiger charge is 2.52. The largest absolute Gasteiger partial charge is 0.508 e. The number of hydrogen-bond donors (Lipinski definition) is 1. The highest BCUT2D eigenvalue weighted by Crippen LogP contribution is 2.49. The van der Waals surface area contributed by atoms with E-state index in [0.717, 1.165) is 28.7 Å². The predicted octanol–water partition coefficient (Wildman–Crippen LogP) is 4.85. The predicted molar refractivity (Wildman–Crippen MR) is 118 cm³/mol. The van der Waals surface area contributed by atoms with Crippen LogP contribution < -0.4 is 0 Å². The van der Waals surface area contributed by atoms with Gasteiger partial charge in [-0.05, 0) is 61.4 Å². The number of ketones is 1. The van der Waals surface area contributed by atoms with Crippen molar-refractivity contribution in [3.05, 3.63) is 77.4 Å². The molecule has 0 spiro atoms. The van der Waals surface area contributed by atoms with E-state index in [9.17, 15) is 14.7 Å². The van der Waals surface area contributed by atoms with E-state index in [2.05, 4.69) is 6.58 Å². The fraction of sp³-hybridized carbons (Fsp3) is 0.385. The van der Waals surface area contributed by atoms with Crippen molar-refractivity contribution < 1.29 is 24.2 Å². The van der Waals surface area contributed by atoms with Crippen LogP contribution >= 0.6 is 0 Å². The molecule has 1 N–H and O–H groups in total. The van der Waals surface area contributed by atoms with Crippen LogP contribution in [-0.2, 0) is 37.7 Å². The van der Waals surface area contributed by atoms with Crippen molar-refractivity contribution >= 4 is 11.8 Å². The lowest BCUT2D eigenvalue weighted by molar-refractivity contribution is -0.142. The van der Waals surface area contributed by atoms with Gasteiger partial charge in [-0.2, -0.15) is 0 Å². The van der Waals surface area contributed by atoms with Gasteiger partial charge in [0.25, 0.3) is 0 Å². The van der Waals surface area contributed by atoms with E-state index in [1.165, 1.54) is 6.92 Å². The first-order valence-electron chi connectivity index (χ1n) is 10.5. The van der Waals surface area contributed by atoms with Crippen LogP contribution in [0.3, 0.4) is 0 Å². The van der Waals surface area contributed by atoms with Crippen molar-refractivity contribution in [1.29, 1.82) is 0 Å². The molecule has 0 radical (unpaired) electrons. The van der Waals surface area contributed by atoms with Gasteiger partial charge in [-0.1, -0.05) is 48.6 Å². The zero-order valence-electron chi connectivity index (χ0n) is 18.4. The van der Waals surface area contributed by atoms with E-state index in [-0.39, 0.29) is 36.1 Å². The van der Waals surface area contributed by atoms with Gasteiger partial charge in [0.1, 0.15) is 18.1 Å². The Bertz CT molecular complexity index is 945. The Balaban J connectivity index is 1.81. The fourth-order valence-electron chi connectivity index (χ4n) is 4.40. The van der Waals surface area contributed by atoms with Crippen LogP contribution in [0.4, 0.5) is 0 Å². The molecule has 5 heteroatoms. The van der Waals surface area contributed by atoms with Crippen LogP contribution in [0.1, 0.15) is 50.3 Å². The number of phenols is 1. The lowest BCUT2D eigenvalue weighted by Gasteiger charge is -2.34. The Morgan fingerprint density at radius 3 is 2.10 bits per heavy atom. The van der Waals surface area contributed by atoms with Crippen LogP contribution in [0.25, 0.3) is 0 Å². The number of allylic oxidation sites excluding steroid dienone is 1. The quantitative estimate of drug-likeness (QED) is 0.486. The van der Waals surface area contributed by atoms with Crippen LogP contribution in [0.2, 0.25) is 0 Å². The maximum Gasteiger partial charge on any atom is 0.302 e. The molecule has 0 unspecified atom stereocenters. The standard InChI is InChI=1S/C26H30O5/c1-17(2)22-13-25(26(14-22,18(3)27)23-9-11-24(29)12-10-23)31-16-21-7-5-20(6-8-21)15-30-19(4)28/h5-12,22,25,29H,1,13-16H2,2-4H3/t22-,25+,26+/m0/s1. The summed E-state index contributed by atoms with van der Waals surface area (Å²) in [6.07, 6.45) is 1.08. The van der Waals surface area contributed by atoms with Gasteiger partial charge in [0.2, 0.25) is 0 Å². The third-order valence-corrected chi connectivity index (χ3v) is 6.24. The third-order valence-electron chi connectivity index (χ3n) is 6.24. The van der Waals surface area contributed by atoms with Gasteiger partial charge < -0.3 is 14.6 Å². The molecule has 1 saturated carbocycles. The Labute approximate surface area is 183 Å². The lowest BCUT2D eigenvalue weighted by Crippen LogP contribution is -2.43. The topological polar surface area (TPSA) is 72.8 Å². The summed E-state index contributed by atoms with van der Waals surface area (Å²) in [6.45, 7) is 9.73. The van der Waals surface area contributed by atoms with Gasteiger partial charge in [-0.15, -0.1) is 0 Å². The van der Waals surface area contributed by atoms with E-state index in [0.29, 0.717) is 13.0 Å². The summed E-state index contributed by atoms with van der Waals surface area (Å²) in [5.74, 6) is 0.108. The second kappa shape index (κ2) is 9.48. The first kappa shape index (κ1) is 22.8. The second-order valence-corrected chi connectivity index (χ2v) is 8.45. The SMILES string of the molecule is C=C(C)[C@H]1C[C@@H](OCc2ccc(COC(C)=O)cc2)[C@](C(C)=O)(c2ccc(O)cc2)C1. The van der Waals surface area contributed by atoms with E-state index in [4.69, 9.17) is 9.47 Å². The maximum absolute atomic E-state index is 13.0. The molecule has 0 saturated heterocycles. The molecular weight excluding hydrogens is 392 g/mol. The molecule has 164 valence electrons. The lowest BCUT2D eigenvalue weighted by atomic mass is 9.73. The summed E-state index contributed by atoms with van der Waals surface area (Å²) in [4.78, 5) is 24.0. The summed E-state index contributed by atoms with van der Waals surface area (Å²) < 4.78 is 11.4. The molecule has 31 heavy (non-hydrogen) atoms. The number of ether oxygens (including phenoxy) is 2. The Morgan fingerprint density at radius 1 is 1.00 bits per heavy atom. The Morgan fingerprint density at radius 2 is 1.58 bits per heavy atom. The maximum atomic E-state index is 13.0. The molecular formula is C26H30O5. The van der Waals surface area contributed by atoms with Gasteiger partial charge in [-0.25, -0.2) is 0 Å². The number of carbonyl (C=O) groups is 2. The highest BCUT2D eigenvalue weighted by molar-refractivity contribution is 5.89. The van der Waals surface area contributed by atoms with Gasteiger partial charge in [0.05, 0.1) is 18.1 Å². The molecule has 0 heterocycles. The molecule has 1 fully saturated rings. The number of rotatable bonds is 8. The van der Waals surface area contributed by atoms with Crippen LogP contribution in [-0.4, -0.2) is 23.0 Å². The molecule has 2 aromatic carbocycles. The number of Topliss-reactive ketones (excluding diaryl/α,β-unsaturated/α-hetero) is 1. The second-order valence-electron chi connectivity index (χ2n) is 8.45. The van der Waals surface area contributed by atoms with Gasteiger partial charge in [0, 0.05) is 6.92 Å². The smallest absolute Gasteiger partial charge is 0.302 e. The normalized spacial score (nSPS) is 22.8. The van der Waals surface area contributed by atoms with Crippen LogP contribution in [0.15, 0.2) is 60.7 Å². The van der Waals surface area contributed by atoms with Crippen molar-refractivity contribution in [2.45, 2.75) is 58.3 Å². The molecule has 3 rings (SSSR count). The summed E-state index contributed by atoms with van der Waals surface area (Å²) in [5, 5.41) is 9.71. The van der Waals surface area contributed by atoms with Gasteiger partial charge >= 0.3 is 5.97 Å². The average molecular weight is 423 g/mol. The monoisotopic (exact) mass is 422 g/mol. The van der Waals surface area contributed by atoms with Crippen LogP contribution in [0, 0.1) is 5.92 Å². The summed E-state index contributed by atoms with van der Waals surface area (Å²) in [6, 6.07) is 14.6. The van der Waals surface area contributed by atoms with E-state index >= 15 is 0 Å². The molecule has 5 nitrogen and oxygen atoms in total. The van der Waals surface area contributed by atoms with E-state index in [1.54, 1.807) is 19.1 Å². The third kappa shape index (κ3) is 5.05. The number of carbonyl (C=O) groups excluding carboxylic acids is 2. The van der Waals surface area contributed by atoms with Crippen molar-refractivity contribution in [3.8, 4) is 5.75 Å². The molecule has 1 aliphatic rings. The first-order chi connectivity index (χ1) is 14.7. The van der Waals surface area contributed by atoms with Crippen molar-refractivity contribution in [2.75, 3.05) is 0 Å². The highest BCUT2D eigenvalue weighted by atomic mass is 16.5. The van der Waals surface area contributed by atoms with Crippen molar-refractivity contribution in [3.63, 3.8) is 0 Å². The Hall–Kier alpha value is -2.92. The van der Waals surface area contributed by atoms with E-state index < -0.39 is 5.41 Å². The molecule has 2 aromatic rings. The van der Waals surface area contributed by atoms with Crippen molar-refractivity contribution in [2.24, 2.45) is 5.92 Å². The summed E-state index contributed by atoms with van der Waals surface area (Å²) >= 11 is 0. The van der Waals surface area contributed by atoms with Crippen LogP contribution in [0.5, 0.6) is 5.75 Å².